The highest BCUT2D eigenvalue weighted by Crippen LogP contribution is 2.51. The van der Waals surface area contributed by atoms with Gasteiger partial charge < -0.3 is 14.4 Å². The van der Waals surface area contributed by atoms with Crippen molar-refractivity contribution in [3.05, 3.63) is 23.8 Å². The molecule has 4 heteroatoms. The van der Waals surface area contributed by atoms with Gasteiger partial charge in [0.25, 0.3) is 0 Å². The maximum absolute atomic E-state index is 12.1. The van der Waals surface area contributed by atoms with Gasteiger partial charge in [-0.1, -0.05) is 13.0 Å². The van der Waals surface area contributed by atoms with Crippen molar-refractivity contribution in [3.8, 4) is 11.5 Å². The first-order valence-corrected chi connectivity index (χ1v) is 7.97. The van der Waals surface area contributed by atoms with Gasteiger partial charge in [-0.15, -0.1) is 0 Å². The molecule has 0 spiro atoms. The number of nitrogens with zero attached hydrogens (tertiary/aromatic N) is 1. The molecule has 2 fully saturated rings. The number of hydrogen-bond donors (Lipinski definition) is 0. The van der Waals surface area contributed by atoms with Crippen LogP contribution in [0.4, 0.5) is 0 Å². The molecule has 22 heavy (non-hydrogen) atoms. The van der Waals surface area contributed by atoms with Crippen molar-refractivity contribution in [3.63, 3.8) is 0 Å². The number of Topliss-reactive ketones (excluding diaryl/α,β-unsaturated/α-hetero) is 1. The number of likely N-dealkylation sites (N-methyl/N-ethyl adjacent to an activating group) is 1. The van der Waals surface area contributed by atoms with Gasteiger partial charge >= 0.3 is 0 Å². The minimum absolute atomic E-state index is 0.0439. The number of fused-ring (bicyclic) bond motifs is 1. The van der Waals surface area contributed by atoms with E-state index in [-0.39, 0.29) is 5.41 Å². The van der Waals surface area contributed by atoms with Gasteiger partial charge in [0.15, 0.2) is 11.5 Å². The predicted octanol–water partition coefficient (Wildman–Crippen LogP) is 2.64. The second-order valence-electron chi connectivity index (χ2n) is 6.70. The number of hydrogen-bond acceptors (Lipinski definition) is 4. The van der Waals surface area contributed by atoms with Gasteiger partial charge in [-0.05, 0) is 43.6 Å². The molecule has 1 heterocycles. The normalized spacial score (nSPS) is 31.9. The molecule has 120 valence electrons. The van der Waals surface area contributed by atoms with E-state index in [2.05, 4.69) is 31.0 Å². The van der Waals surface area contributed by atoms with E-state index in [1.54, 1.807) is 14.2 Å². The zero-order chi connectivity index (χ0) is 15.9. The van der Waals surface area contributed by atoms with Crippen LogP contribution in [0.25, 0.3) is 0 Å². The summed E-state index contributed by atoms with van der Waals surface area (Å²) in [6.45, 7) is 3.26. The first kappa shape index (κ1) is 15.3. The number of ether oxygens (including phenoxy) is 2. The molecule has 3 rings (SSSR count). The zero-order valence-corrected chi connectivity index (χ0v) is 13.9. The van der Waals surface area contributed by atoms with Crippen LogP contribution in [0.5, 0.6) is 11.5 Å². The summed E-state index contributed by atoms with van der Waals surface area (Å²) in [5.41, 5.74) is 1.32. The molecule has 0 aromatic heterocycles. The lowest BCUT2D eigenvalue weighted by molar-refractivity contribution is -0.124. The fourth-order valence-corrected chi connectivity index (χ4v) is 4.56. The Morgan fingerprint density at radius 3 is 2.59 bits per heavy atom. The summed E-state index contributed by atoms with van der Waals surface area (Å²) in [4.78, 5) is 14.4. The molecule has 3 atom stereocenters. The highest BCUT2D eigenvalue weighted by atomic mass is 16.5. The average Bonchev–Trinajstić information content (AvgIpc) is 2.85. The molecule has 1 aromatic carbocycles. The largest absolute Gasteiger partial charge is 0.493 e. The van der Waals surface area contributed by atoms with Gasteiger partial charge in [-0.3, -0.25) is 4.79 Å². The van der Waals surface area contributed by atoms with E-state index in [1.165, 1.54) is 5.56 Å². The second kappa shape index (κ2) is 5.58. The third-order valence-corrected chi connectivity index (χ3v) is 5.76. The summed E-state index contributed by atoms with van der Waals surface area (Å²) in [6, 6.07) is 6.54. The number of carbonyl (C=O) groups is 1. The summed E-state index contributed by atoms with van der Waals surface area (Å²) < 4.78 is 10.9. The summed E-state index contributed by atoms with van der Waals surface area (Å²) in [7, 11) is 5.47. The highest BCUT2D eigenvalue weighted by Gasteiger charge is 2.54. The SMILES string of the molecule is COc1ccc([C@]23CCN(C)[C@H]2CC(=O)C[C@@H]3C)cc1OC. The third kappa shape index (κ3) is 2.12. The second-order valence-corrected chi connectivity index (χ2v) is 6.70. The maximum Gasteiger partial charge on any atom is 0.161 e. The number of methoxy groups -OCH3 is 2. The molecule has 4 nitrogen and oxygen atoms in total. The van der Waals surface area contributed by atoms with Crippen molar-refractivity contribution in [2.75, 3.05) is 27.8 Å². The van der Waals surface area contributed by atoms with Crippen molar-refractivity contribution in [2.24, 2.45) is 5.92 Å². The smallest absolute Gasteiger partial charge is 0.161 e. The van der Waals surface area contributed by atoms with Crippen molar-refractivity contribution in [1.29, 1.82) is 0 Å². The fraction of sp³-hybridized carbons (Fsp3) is 0.611. The van der Waals surface area contributed by atoms with Crippen LogP contribution >= 0.6 is 0 Å². The van der Waals surface area contributed by atoms with Crippen LogP contribution in [0.15, 0.2) is 18.2 Å². The Balaban J connectivity index is 2.09. The van der Waals surface area contributed by atoms with Gasteiger partial charge in [0, 0.05) is 24.3 Å². The molecule has 0 unspecified atom stereocenters. The molecule has 0 amide bonds. The van der Waals surface area contributed by atoms with Gasteiger partial charge in [0.2, 0.25) is 0 Å². The van der Waals surface area contributed by atoms with Gasteiger partial charge in [-0.25, -0.2) is 0 Å². The molecule has 2 aliphatic rings. The molecule has 0 bridgehead atoms. The van der Waals surface area contributed by atoms with E-state index in [0.29, 0.717) is 30.6 Å². The first-order chi connectivity index (χ1) is 10.5. The highest BCUT2D eigenvalue weighted by molar-refractivity contribution is 5.81. The van der Waals surface area contributed by atoms with E-state index < -0.39 is 0 Å². The van der Waals surface area contributed by atoms with Crippen LogP contribution in [0, 0.1) is 5.92 Å². The van der Waals surface area contributed by atoms with Crippen LogP contribution in [-0.4, -0.2) is 44.5 Å². The quantitative estimate of drug-likeness (QED) is 0.860. The molecule has 1 aliphatic heterocycles. The van der Waals surface area contributed by atoms with E-state index in [1.807, 2.05) is 6.07 Å². The minimum atomic E-state index is 0.0439. The topological polar surface area (TPSA) is 38.8 Å². The predicted molar refractivity (Wildman–Crippen MR) is 85.7 cm³/mol. The Labute approximate surface area is 132 Å². The number of rotatable bonds is 3. The molecule has 1 aromatic rings. The lowest BCUT2D eigenvalue weighted by atomic mass is 9.60. The number of benzene rings is 1. The van der Waals surface area contributed by atoms with Gasteiger partial charge in [0.1, 0.15) is 5.78 Å². The maximum atomic E-state index is 12.1. The van der Waals surface area contributed by atoms with Gasteiger partial charge in [-0.2, -0.15) is 0 Å². The van der Waals surface area contributed by atoms with Crippen LogP contribution in [0.3, 0.4) is 0 Å². The Morgan fingerprint density at radius 2 is 1.91 bits per heavy atom. The van der Waals surface area contributed by atoms with Crippen LogP contribution in [0.1, 0.15) is 31.7 Å². The lowest BCUT2D eigenvalue weighted by Gasteiger charge is -2.46. The molecule has 1 saturated heterocycles. The number of likely N-dealkylation sites (tertiary alicyclic amines) is 1. The van der Waals surface area contributed by atoms with E-state index >= 15 is 0 Å². The summed E-state index contributed by atoms with van der Waals surface area (Å²) >= 11 is 0. The Kier molecular flexibility index (Phi) is 3.89. The van der Waals surface area contributed by atoms with E-state index in [0.717, 1.165) is 24.5 Å². The molecular formula is C18H25NO3. The number of ketones is 1. The third-order valence-electron chi connectivity index (χ3n) is 5.76. The van der Waals surface area contributed by atoms with Crippen LogP contribution < -0.4 is 9.47 Å². The Hall–Kier alpha value is -1.55. The monoisotopic (exact) mass is 303 g/mol. The molecule has 1 saturated carbocycles. The Morgan fingerprint density at radius 1 is 1.18 bits per heavy atom. The zero-order valence-electron chi connectivity index (χ0n) is 13.9. The summed E-state index contributed by atoms with van der Waals surface area (Å²) in [5, 5.41) is 0. The standard InChI is InChI=1S/C18H25NO3/c1-12-9-14(20)11-17-18(12,7-8-19(17)2)13-5-6-15(21-3)16(10-13)22-4/h5-6,10,12,17H,7-9,11H2,1-4H3/t12-,17-,18+/m0/s1. The summed E-state index contributed by atoms with van der Waals surface area (Å²) in [5.74, 6) is 2.26. The van der Waals surface area contributed by atoms with Crippen molar-refractivity contribution in [1.82, 2.24) is 4.90 Å². The fourth-order valence-electron chi connectivity index (χ4n) is 4.56. The van der Waals surface area contributed by atoms with Crippen molar-refractivity contribution < 1.29 is 14.3 Å². The minimum Gasteiger partial charge on any atom is -0.493 e. The van der Waals surface area contributed by atoms with Crippen LogP contribution in [-0.2, 0) is 10.2 Å². The van der Waals surface area contributed by atoms with Crippen molar-refractivity contribution >= 4 is 5.78 Å². The van der Waals surface area contributed by atoms with Crippen LogP contribution in [0.2, 0.25) is 0 Å². The molecule has 1 aliphatic carbocycles. The summed E-state index contributed by atoms with van der Waals surface area (Å²) in [6.07, 6.45) is 2.44. The number of carbonyl (C=O) groups excluding carboxylic acids is 1. The molecular weight excluding hydrogens is 278 g/mol. The lowest BCUT2D eigenvalue weighted by Crippen LogP contribution is -2.50. The molecule has 0 N–H and O–H groups in total. The van der Waals surface area contributed by atoms with Gasteiger partial charge in [0.05, 0.1) is 14.2 Å². The first-order valence-electron chi connectivity index (χ1n) is 7.97. The van der Waals surface area contributed by atoms with E-state index in [4.69, 9.17) is 9.47 Å². The Bertz CT molecular complexity index is 586. The molecule has 0 radical (unpaired) electrons. The van der Waals surface area contributed by atoms with Crippen molar-refractivity contribution in [2.45, 2.75) is 37.6 Å². The average molecular weight is 303 g/mol. The van der Waals surface area contributed by atoms with E-state index in [9.17, 15) is 4.79 Å².